The lowest BCUT2D eigenvalue weighted by Crippen LogP contribution is -2.40. The second-order valence-corrected chi connectivity index (χ2v) is 6.79. The van der Waals surface area contributed by atoms with Gasteiger partial charge in [0.2, 0.25) is 5.91 Å². The van der Waals surface area contributed by atoms with E-state index in [1.807, 2.05) is 18.2 Å². The number of amides is 1. The van der Waals surface area contributed by atoms with E-state index >= 15 is 0 Å². The molecule has 0 saturated heterocycles. The van der Waals surface area contributed by atoms with Crippen molar-refractivity contribution in [3.63, 3.8) is 0 Å². The minimum atomic E-state index is 0. The molecule has 4 heteroatoms. The lowest BCUT2D eigenvalue weighted by Gasteiger charge is -2.36. The Morgan fingerprint density at radius 2 is 2.14 bits per heavy atom. The molecule has 1 heterocycles. The second kappa shape index (κ2) is 9.14. The van der Waals surface area contributed by atoms with Crippen molar-refractivity contribution < 1.29 is 4.79 Å². The van der Waals surface area contributed by atoms with Gasteiger partial charge < -0.3 is 5.32 Å². The number of halogens is 1. The van der Waals surface area contributed by atoms with Gasteiger partial charge in [0.05, 0.1) is 0 Å². The van der Waals surface area contributed by atoms with Crippen molar-refractivity contribution in [2.45, 2.75) is 46.5 Å². The molecule has 0 bridgehead atoms. The van der Waals surface area contributed by atoms with Gasteiger partial charge in [-0.2, -0.15) is 0 Å². The second-order valence-electron chi connectivity index (χ2n) is 6.79. The zero-order valence-electron chi connectivity index (χ0n) is 13.9. The summed E-state index contributed by atoms with van der Waals surface area (Å²) < 4.78 is 0. The molecule has 3 nitrogen and oxygen atoms in total. The summed E-state index contributed by atoms with van der Waals surface area (Å²) in [5.74, 6) is 2.24. The van der Waals surface area contributed by atoms with Crippen molar-refractivity contribution in [2.75, 3.05) is 6.54 Å². The Morgan fingerprint density at radius 1 is 1.36 bits per heavy atom. The summed E-state index contributed by atoms with van der Waals surface area (Å²) in [6.45, 7) is 7.44. The van der Waals surface area contributed by atoms with Crippen LogP contribution in [0.1, 0.15) is 45.7 Å². The highest BCUT2D eigenvalue weighted by atomic mass is 35.5. The Hall–Kier alpha value is -1.09. The smallest absolute Gasteiger partial charge is 0.223 e. The zero-order valence-corrected chi connectivity index (χ0v) is 14.7. The van der Waals surface area contributed by atoms with Crippen molar-refractivity contribution in [1.82, 2.24) is 10.3 Å². The van der Waals surface area contributed by atoms with Gasteiger partial charge in [-0.05, 0) is 42.7 Å². The molecular weight excluding hydrogens is 296 g/mol. The third-order valence-corrected chi connectivity index (χ3v) is 4.77. The number of rotatable bonds is 5. The molecule has 0 aliphatic heterocycles. The van der Waals surface area contributed by atoms with Crippen molar-refractivity contribution in [2.24, 2.45) is 23.7 Å². The van der Waals surface area contributed by atoms with E-state index in [2.05, 4.69) is 31.1 Å². The lowest BCUT2D eigenvalue weighted by atomic mass is 9.70. The molecule has 2 rings (SSSR count). The summed E-state index contributed by atoms with van der Waals surface area (Å²) in [5.41, 5.74) is 1.04. The third kappa shape index (κ3) is 5.28. The molecule has 0 unspecified atom stereocenters. The van der Waals surface area contributed by atoms with Gasteiger partial charge >= 0.3 is 0 Å². The lowest BCUT2D eigenvalue weighted by molar-refractivity contribution is -0.129. The maximum Gasteiger partial charge on any atom is 0.223 e. The SMILES string of the molecule is CC(C)[C@@H]1CC[C@@H](C)C[C@H]1C(=O)NCCc1ccccn1.Cl. The summed E-state index contributed by atoms with van der Waals surface area (Å²) >= 11 is 0. The number of hydrogen-bond acceptors (Lipinski definition) is 2. The van der Waals surface area contributed by atoms with Gasteiger partial charge in [-0.1, -0.05) is 33.3 Å². The summed E-state index contributed by atoms with van der Waals surface area (Å²) in [5, 5.41) is 3.13. The quantitative estimate of drug-likeness (QED) is 0.893. The number of nitrogens with zero attached hydrogens (tertiary/aromatic N) is 1. The van der Waals surface area contributed by atoms with Crippen molar-refractivity contribution in [1.29, 1.82) is 0 Å². The van der Waals surface area contributed by atoms with Gasteiger partial charge in [0, 0.05) is 30.8 Å². The summed E-state index contributed by atoms with van der Waals surface area (Å²) in [4.78, 5) is 16.8. The number of aromatic nitrogens is 1. The maximum absolute atomic E-state index is 12.5. The van der Waals surface area contributed by atoms with E-state index in [-0.39, 0.29) is 24.2 Å². The largest absolute Gasteiger partial charge is 0.355 e. The minimum Gasteiger partial charge on any atom is -0.355 e. The summed E-state index contributed by atoms with van der Waals surface area (Å²) in [6.07, 6.45) is 6.10. The van der Waals surface area contributed by atoms with Crippen LogP contribution < -0.4 is 5.32 Å². The molecule has 1 amide bonds. The zero-order chi connectivity index (χ0) is 15.2. The molecule has 1 aromatic rings. The normalized spacial score (nSPS) is 24.6. The average Bonchev–Trinajstić information content (AvgIpc) is 2.47. The summed E-state index contributed by atoms with van der Waals surface area (Å²) in [6, 6.07) is 5.91. The molecule has 3 atom stereocenters. The van der Waals surface area contributed by atoms with Gasteiger partial charge in [0.15, 0.2) is 0 Å². The number of carbonyl (C=O) groups is 1. The fourth-order valence-electron chi connectivity index (χ4n) is 3.49. The molecule has 124 valence electrons. The molecule has 0 radical (unpaired) electrons. The Labute approximate surface area is 140 Å². The highest BCUT2D eigenvalue weighted by Crippen LogP contribution is 2.37. The molecule has 22 heavy (non-hydrogen) atoms. The molecule has 1 aliphatic rings. The fraction of sp³-hybridized carbons (Fsp3) is 0.667. The Morgan fingerprint density at radius 3 is 2.77 bits per heavy atom. The standard InChI is InChI=1S/C18H28N2O.ClH/c1-13(2)16-8-7-14(3)12-17(16)18(21)20-11-9-15-6-4-5-10-19-15;/h4-6,10,13-14,16-17H,7-9,11-12H2,1-3H3,(H,20,21);1H/t14-,16+,17-;/m1./s1. The van der Waals surface area contributed by atoms with E-state index in [0.29, 0.717) is 24.3 Å². The first-order chi connectivity index (χ1) is 10.1. The van der Waals surface area contributed by atoms with Gasteiger partial charge in [-0.25, -0.2) is 0 Å². The highest BCUT2D eigenvalue weighted by molar-refractivity contribution is 5.85. The van der Waals surface area contributed by atoms with Crippen LogP contribution in [0.2, 0.25) is 0 Å². The van der Waals surface area contributed by atoms with E-state index in [9.17, 15) is 4.79 Å². The first-order valence-corrected chi connectivity index (χ1v) is 8.25. The van der Waals surface area contributed by atoms with Crippen LogP contribution in [0, 0.1) is 23.7 Å². The Balaban J connectivity index is 0.00000242. The van der Waals surface area contributed by atoms with E-state index in [0.717, 1.165) is 18.5 Å². The first-order valence-electron chi connectivity index (χ1n) is 8.25. The molecule has 1 N–H and O–H groups in total. The van der Waals surface area contributed by atoms with E-state index < -0.39 is 0 Å². The van der Waals surface area contributed by atoms with Gasteiger partial charge in [-0.15, -0.1) is 12.4 Å². The van der Waals surface area contributed by atoms with Crippen molar-refractivity contribution in [3.05, 3.63) is 30.1 Å². The number of hydrogen-bond donors (Lipinski definition) is 1. The van der Waals surface area contributed by atoms with Crippen LogP contribution in [0.4, 0.5) is 0 Å². The van der Waals surface area contributed by atoms with Crippen LogP contribution in [-0.4, -0.2) is 17.4 Å². The van der Waals surface area contributed by atoms with Gasteiger partial charge in [-0.3, -0.25) is 9.78 Å². The Kier molecular flexibility index (Phi) is 7.88. The predicted molar refractivity (Wildman–Crippen MR) is 93.0 cm³/mol. The average molecular weight is 325 g/mol. The van der Waals surface area contributed by atoms with Crippen LogP contribution in [0.15, 0.2) is 24.4 Å². The molecule has 1 aromatic heterocycles. The van der Waals surface area contributed by atoms with Crippen LogP contribution >= 0.6 is 12.4 Å². The van der Waals surface area contributed by atoms with E-state index in [1.165, 1.54) is 12.8 Å². The monoisotopic (exact) mass is 324 g/mol. The number of carbonyl (C=O) groups excluding carboxylic acids is 1. The maximum atomic E-state index is 12.5. The molecule has 0 aromatic carbocycles. The predicted octanol–water partition coefficient (Wildman–Crippen LogP) is 3.87. The number of nitrogens with one attached hydrogen (secondary N) is 1. The molecule has 1 saturated carbocycles. The van der Waals surface area contributed by atoms with Crippen LogP contribution in [0.3, 0.4) is 0 Å². The molecule has 0 spiro atoms. The molecular formula is C18H29ClN2O. The first kappa shape index (κ1) is 19.0. The Bertz CT molecular complexity index is 450. The topological polar surface area (TPSA) is 42.0 Å². The molecule has 1 aliphatic carbocycles. The van der Waals surface area contributed by atoms with Crippen molar-refractivity contribution >= 4 is 18.3 Å². The van der Waals surface area contributed by atoms with Crippen molar-refractivity contribution in [3.8, 4) is 0 Å². The van der Waals surface area contributed by atoms with Gasteiger partial charge in [0.25, 0.3) is 0 Å². The molecule has 1 fully saturated rings. The third-order valence-electron chi connectivity index (χ3n) is 4.77. The van der Waals surface area contributed by atoms with E-state index in [1.54, 1.807) is 6.20 Å². The van der Waals surface area contributed by atoms with Gasteiger partial charge in [0.1, 0.15) is 0 Å². The van der Waals surface area contributed by atoms with E-state index in [4.69, 9.17) is 0 Å². The fourth-order valence-corrected chi connectivity index (χ4v) is 3.49. The minimum absolute atomic E-state index is 0. The number of pyridine rings is 1. The summed E-state index contributed by atoms with van der Waals surface area (Å²) in [7, 11) is 0. The van der Waals surface area contributed by atoms with Crippen LogP contribution in [0.5, 0.6) is 0 Å². The van der Waals surface area contributed by atoms with Crippen LogP contribution in [-0.2, 0) is 11.2 Å². The van der Waals surface area contributed by atoms with Crippen LogP contribution in [0.25, 0.3) is 0 Å². The highest BCUT2D eigenvalue weighted by Gasteiger charge is 2.35.